The summed E-state index contributed by atoms with van der Waals surface area (Å²) in [5.74, 6) is -2.39. The predicted octanol–water partition coefficient (Wildman–Crippen LogP) is -1.10. The SMILES string of the molecule is NC(=O)[C@H](Cc1ccccc1)NC(=O)CNC(=O)[C@H]1CCCN1C(=O)[C@H](Cc1ccc(O)cc1)N=C(N)N. The number of nitrogens with one attached hydrogen (secondary N) is 2. The molecule has 38 heavy (non-hydrogen) atoms. The van der Waals surface area contributed by atoms with Gasteiger partial charge in [0, 0.05) is 19.4 Å². The van der Waals surface area contributed by atoms with Gasteiger partial charge in [0.25, 0.3) is 0 Å². The van der Waals surface area contributed by atoms with Gasteiger partial charge < -0.3 is 37.8 Å². The molecule has 0 aliphatic carbocycles. The van der Waals surface area contributed by atoms with Gasteiger partial charge in [-0.25, -0.2) is 4.99 Å². The van der Waals surface area contributed by atoms with Gasteiger partial charge in [-0.05, 0) is 36.1 Å². The van der Waals surface area contributed by atoms with Crippen LogP contribution < -0.4 is 27.8 Å². The first-order valence-corrected chi connectivity index (χ1v) is 12.2. The van der Waals surface area contributed by atoms with E-state index in [1.807, 2.05) is 30.3 Å². The molecule has 1 aliphatic rings. The number of hydrogen-bond acceptors (Lipinski definition) is 6. The number of hydrogen-bond donors (Lipinski definition) is 6. The second-order valence-corrected chi connectivity index (χ2v) is 9.06. The van der Waals surface area contributed by atoms with Gasteiger partial charge in [0.15, 0.2) is 5.96 Å². The molecule has 9 N–H and O–H groups in total. The first-order chi connectivity index (χ1) is 18.1. The number of amides is 4. The predicted molar refractivity (Wildman–Crippen MR) is 140 cm³/mol. The van der Waals surface area contributed by atoms with Gasteiger partial charge in [0.1, 0.15) is 23.9 Å². The molecule has 0 saturated carbocycles. The number of phenolic OH excluding ortho intramolecular Hbond substituents is 1. The topological polar surface area (TPSA) is 206 Å². The van der Waals surface area contributed by atoms with Crippen LogP contribution in [0.4, 0.5) is 0 Å². The maximum atomic E-state index is 13.3. The summed E-state index contributed by atoms with van der Waals surface area (Å²) in [6, 6.07) is 12.7. The van der Waals surface area contributed by atoms with Crippen molar-refractivity contribution in [2.75, 3.05) is 13.1 Å². The zero-order valence-corrected chi connectivity index (χ0v) is 20.9. The Bertz CT molecular complexity index is 1170. The van der Waals surface area contributed by atoms with E-state index in [1.165, 1.54) is 17.0 Å². The van der Waals surface area contributed by atoms with Gasteiger partial charge in [-0.2, -0.15) is 0 Å². The van der Waals surface area contributed by atoms with Crippen molar-refractivity contribution in [3.8, 4) is 5.75 Å². The molecular weight excluding hydrogens is 490 g/mol. The Morgan fingerprint density at radius 2 is 1.63 bits per heavy atom. The van der Waals surface area contributed by atoms with Crippen LogP contribution in [0.1, 0.15) is 24.0 Å². The number of nitrogens with zero attached hydrogens (tertiary/aromatic N) is 2. The van der Waals surface area contributed by atoms with Crippen molar-refractivity contribution in [2.24, 2.45) is 22.2 Å². The first kappa shape index (κ1) is 28.0. The molecule has 0 bridgehead atoms. The number of rotatable bonds is 11. The van der Waals surface area contributed by atoms with Crippen LogP contribution in [0.15, 0.2) is 59.6 Å². The minimum atomic E-state index is -0.962. The third kappa shape index (κ3) is 7.95. The number of phenols is 1. The fraction of sp³-hybridized carbons (Fsp3) is 0.346. The lowest BCUT2D eigenvalue weighted by Gasteiger charge is -2.27. The van der Waals surface area contributed by atoms with E-state index in [0.29, 0.717) is 19.4 Å². The van der Waals surface area contributed by atoms with Crippen LogP contribution in [0.25, 0.3) is 0 Å². The number of guanidine groups is 1. The van der Waals surface area contributed by atoms with Crippen molar-refractivity contribution < 1.29 is 24.3 Å². The lowest BCUT2D eigenvalue weighted by Crippen LogP contribution is -2.52. The molecule has 2 aromatic rings. The fourth-order valence-corrected chi connectivity index (χ4v) is 4.32. The summed E-state index contributed by atoms with van der Waals surface area (Å²) in [6.07, 6.45) is 1.38. The van der Waals surface area contributed by atoms with Crippen molar-refractivity contribution in [3.63, 3.8) is 0 Å². The number of aliphatic imine (C=N–C) groups is 1. The lowest BCUT2D eigenvalue weighted by atomic mass is 10.0. The van der Waals surface area contributed by atoms with Gasteiger partial charge in [0.2, 0.25) is 23.6 Å². The van der Waals surface area contributed by atoms with Crippen LogP contribution in [0.2, 0.25) is 0 Å². The summed E-state index contributed by atoms with van der Waals surface area (Å²) >= 11 is 0. The summed E-state index contributed by atoms with van der Waals surface area (Å²) in [5, 5.41) is 14.6. The number of aromatic hydroxyl groups is 1. The Hall–Kier alpha value is -4.61. The van der Waals surface area contributed by atoms with E-state index in [2.05, 4.69) is 15.6 Å². The quantitative estimate of drug-likeness (QED) is 0.158. The highest BCUT2D eigenvalue weighted by Crippen LogP contribution is 2.21. The first-order valence-electron chi connectivity index (χ1n) is 12.2. The van der Waals surface area contributed by atoms with Gasteiger partial charge in [0.05, 0.1) is 6.54 Å². The summed E-state index contributed by atoms with van der Waals surface area (Å²) in [7, 11) is 0. The van der Waals surface area contributed by atoms with Crippen molar-refractivity contribution in [3.05, 3.63) is 65.7 Å². The molecule has 1 fully saturated rings. The van der Waals surface area contributed by atoms with E-state index in [9.17, 15) is 24.3 Å². The van der Waals surface area contributed by atoms with Gasteiger partial charge in [-0.3, -0.25) is 19.2 Å². The van der Waals surface area contributed by atoms with Gasteiger partial charge in [-0.1, -0.05) is 42.5 Å². The van der Waals surface area contributed by atoms with Crippen LogP contribution in [-0.4, -0.2) is 70.8 Å². The molecule has 1 heterocycles. The smallest absolute Gasteiger partial charge is 0.248 e. The monoisotopic (exact) mass is 523 g/mol. The number of primary amides is 1. The highest BCUT2D eigenvalue weighted by atomic mass is 16.3. The maximum absolute atomic E-state index is 13.3. The Labute approximate surface area is 220 Å². The molecule has 1 aliphatic heterocycles. The van der Waals surface area contributed by atoms with Crippen molar-refractivity contribution >= 4 is 29.6 Å². The Kier molecular flexibility index (Phi) is 9.63. The normalized spacial score (nSPS) is 16.2. The molecule has 1 saturated heterocycles. The van der Waals surface area contributed by atoms with Crippen molar-refractivity contribution in [2.45, 2.75) is 43.8 Å². The molecule has 4 amide bonds. The van der Waals surface area contributed by atoms with E-state index < -0.39 is 41.8 Å². The van der Waals surface area contributed by atoms with E-state index in [0.717, 1.165) is 11.1 Å². The molecule has 202 valence electrons. The summed E-state index contributed by atoms with van der Waals surface area (Å²) in [5.41, 5.74) is 18.1. The molecule has 12 heteroatoms. The number of carbonyl (C=O) groups excluding carboxylic acids is 4. The number of nitrogens with two attached hydrogens (primary N) is 3. The molecule has 0 spiro atoms. The van der Waals surface area contributed by atoms with Crippen LogP contribution in [0, 0.1) is 0 Å². The average molecular weight is 524 g/mol. The second-order valence-electron chi connectivity index (χ2n) is 9.06. The third-order valence-electron chi connectivity index (χ3n) is 6.18. The Balaban J connectivity index is 1.60. The highest BCUT2D eigenvalue weighted by Gasteiger charge is 2.37. The van der Waals surface area contributed by atoms with Crippen molar-refractivity contribution in [1.29, 1.82) is 0 Å². The molecule has 3 rings (SSSR count). The second kappa shape index (κ2) is 13.1. The average Bonchev–Trinajstić information content (AvgIpc) is 3.38. The van der Waals surface area contributed by atoms with Crippen molar-refractivity contribution in [1.82, 2.24) is 15.5 Å². The number of likely N-dealkylation sites (tertiary alicyclic amines) is 1. The molecule has 0 unspecified atom stereocenters. The molecule has 0 radical (unpaired) electrons. The minimum absolute atomic E-state index is 0.0843. The van der Waals surface area contributed by atoms with E-state index in [1.54, 1.807) is 12.1 Å². The summed E-state index contributed by atoms with van der Waals surface area (Å²) < 4.78 is 0. The number of benzene rings is 2. The van der Waals surface area contributed by atoms with Crippen LogP contribution >= 0.6 is 0 Å². The number of carbonyl (C=O) groups is 4. The maximum Gasteiger partial charge on any atom is 0.248 e. The molecule has 12 nitrogen and oxygen atoms in total. The molecule has 3 atom stereocenters. The minimum Gasteiger partial charge on any atom is -0.508 e. The van der Waals surface area contributed by atoms with E-state index in [4.69, 9.17) is 17.2 Å². The third-order valence-corrected chi connectivity index (χ3v) is 6.18. The Morgan fingerprint density at radius 3 is 2.26 bits per heavy atom. The summed E-state index contributed by atoms with van der Waals surface area (Å²) in [4.78, 5) is 56.0. The van der Waals surface area contributed by atoms with Crippen LogP contribution in [-0.2, 0) is 32.0 Å². The summed E-state index contributed by atoms with van der Waals surface area (Å²) in [6.45, 7) is -0.0587. The lowest BCUT2D eigenvalue weighted by molar-refractivity contribution is -0.139. The van der Waals surface area contributed by atoms with E-state index >= 15 is 0 Å². The standard InChI is InChI=1S/C26H33N7O5/c27-23(36)19(13-16-5-2-1-3-6-16)31-22(35)15-30-24(37)21-7-4-12-33(21)25(38)20(32-26(28)29)14-17-8-10-18(34)11-9-17/h1-3,5-6,8-11,19-21,34H,4,7,12-15H2,(H2,27,36)(H,30,37)(H,31,35)(H4,28,29,32)/t19-,20-,21+/m0/s1. The van der Waals surface area contributed by atoms with Gasteiger partial charge in [-0.15, -0.1) is 0 Å². The fourth-order valence-electron chi connectivity index (χ4n) is 4.32. The zero-order valence-electron chi connectivity index (χ0n) is 20.9. The largest absolute Gasteiger partial charge is 0.508 e. The van der Waals surface area contributed by atoms with Gasteiger partial charge >= 0.3 is 0 Å². The van der Waals surface area contributed by atoms with Crippen LogP contribution in [0.3, 0.4) is 0 Å². The zero-order chi connectivity index (χ0) is 27.7. The molecule has 0 aromatic heterocycles. The van der Waals surface area contributed by atoms with Crippen LogP contribution in [0.5, 0.6) is 5.75 Å². The highest BCUT2D eigenvalue weighted by molar-refractivity contribution is 5.94. The molecule has 2 aromatic carbocycles. The Morgan fingerprint density at radius 1 is 0.974 bits per heavy atom. The molecular formula is C26H33N7O5. The van der Waals surface area contributed by atoms with E-state index in [-0.39, 0.29) is 31.1 Å².